The van der Waals surface area contributed by atoms with Crippen LogP contribution in [0.5, 0.6) is 0 Å². The molecule has 2 nitrogen and oxygen atoms in total. The first kappa shape index (κ1) is 6.34. The van der Waals surface area contributed by atoms with Gasteiger partial charge in [0.2, 0.25) is 5.58 Å². The summed E-state index contributed by atoms with van der Waals surface area (Å²) < 4.78 is 17.6. The first-order chi connectivity index (χ1) is 5.29. The molecular formula is C8H6FNO. The first-order valence-corrected chi connectivity index (χ1v) is 3.29. The Morgan fingerprint density at radius 1 is 1.45 bits per heavy atom. The van der Waals surface area contributed by atoms with Crippen molar-refractivity contribution in [1.82, 2.24) is 5.16 Å². The summed E-state index contributed by atoms with van der Waals surface area (Å²) in [5, 5.41) is 4.38. The molecule has 1 aromatic heterocycles. The number of hydrogen-bond donors (Lipinski definition) is 0. The van der Waals surface area contributed by atoms with Crippen molar-refractivity contribution in [3.63, 3.8) is 0 Å². The van der Waals surface area contributed by atoms with Gasteiger partial charge in [0.05, 0.1) is 5.69 Å². The molecule has 0 aliphatic heterocycles. The summed E-state index contributed by atoms with van der Waals surface area (Å²) in [7, 11) is 0. The van der Waals surface area contributed by atoms with Gasteiger partial charge < -0.3 is 4.52 Å². The maximum absolute atomic E-state index is 12.9. The molecular weight excluding hydrogens is 145 g/mol. The van der Waals surface area contributed by atoms with Crippen LogP contribution >= 0.6 is 0 Å². The molecule has 1 heterocycles. The smallest absolute Gasteiger partial charge is 0.202 e. The van der Waals surface area contributed by atoms with Gasteiger partial charge in [0.15, 0.2) is 5.82 Å². The van der Waals surface area contributed by atoms with E-state index < -0.39 is 0 Å². The predicted molar refractivity (Wildman–Crippen MR) is 38.7 cm³/mol. The summed E-state index contributed by atoms with van der Waals surface area (Å²) in [6, 6.07) is 4.78. The third kappa shape index (κ3) is 0.808. The largest absolute Gasteiger partial charge is 0.353 e. The van der Waals surface area contributed by atoms with E-state index in [-0.39, 0.29) is 11.4 Å². The van der Waals surface area contributed by atoms with Crippen molar-refractivity contribution in [2.24, 2.45) is 0 Å². The van der Waals surface area contributed by atoms with Crippen molar-refractivity contribution >= 4 is 11.0 Å². The van der Waals surface area contributed by atoms with E-state index >= 15 is 0 Å². The Hall–Kier alpha value is -1.38. The molecule has 1 aromatic carbocycles. The Labute approximate surface area is 62.6 Å². The van der Waals surface area contributed by atoms with Crippen LogP contribution in [0.2, 0.25) is 0 Å². The van der Waals surface area contributed by atoms with Crippen molar-refractivity contribution in [3.05, 3.63) is 29.7 Å². The fourth-order valence-corrected chi connectivity index (χ4v) is 1.05. The number of rotatable bonds is 0. The van der Waals surface area contributed by atoms with E-state index in [2.05, 4.69) is 5.16 Å². The molecule has 0 bridgehead atoms. The lowest BCUT2D eigenvalue weighted by Crippen LogP contribution is -1.73. The summed E-state index contributed by atoms with van der Waals surface area (Å²) >= 11 is 0. The fraction of sp³-hybridized carbons (Fsp3) is 0.125. The van der Waals surface area contributed by atoms with Gasteiger partial charge in [-0.2, -0.15) is 0 Å². The molecule has 0 N–H and O–H groups in total. The standard InChI is InChI=1S/C8H6FNO/c1-5-6-3-2-4-7(9)8(6)11-10-5/h2-4H,1H3. The van der Waals surface area contributed by atoms with Crippen LogP contribution in [0.3, 0.4) is 0 Å². The molecule has 0 spiro atoms. The number of nitrogens with zero attached hydrogens (tertiary/aromatic N) is 1. The third-order valence-electron chi connectivity index (χ3n) is 1.63. The zero-order valence-electron chi connectivity index (χ0n) is 5.97. The van der Waals surface area contributed by atoms with E-state index in [1.165, 1.54) is 6.07 Å². The molecule has 2 rings (SSSR count). The van der Waals surface area contributed by atoms with Gasteiger partial charge in [0.1, 0.15) is 0 Å². The molecule has 0 unspecified atom stereocenters. The minimum atomic E-state index is -0.358. The van der Waals surface area contributed by atoms with Gasteiger partial charge in [0, 0.05) is 5.39 Å². The van der Waals surface area contributed by atoms with Crippen molar-refractivity contribution < 1.29 is 8.91 Å². The highest BCUT2D eigenvalue weighted by Crippen LogP contribution is 2.19. The second-order valence-corrected chi connectivity index (χ2v) is 2.38. The SMILES string of the molecule is Cc1noc2c(F)cccc12. The average Bonchev–Trinajstić information content (AvgIpc) is 2.35. The van der Waals surface area contributed by atoms with Crippen molar-refractivity contribution in [3.8, 4) is 0 Å². The molecule has 0 saturated heterocycles. The van der Waals surface area contributed by atoms with Crippen LogP contribution in [0, 0.1) is 12.7 Å². The number of aromatic nitrogens is 1. The van der Waals surface area contributed by atoms with Crippen LogP contribution in [0.1, 0.15) is 5.69 Å². The quantitative estimate of drug-likeness (QED) is 0.577. The maximum atomic E-state index is 12.9. The zero-order chi connectivity index (χ0) is 7.84. The van der Waals surface area contributed by atoms with Crippen LogP contribution in [0.25, 0.3) is 11.0 Å². The maximum Gasteiger partial charge on any atom is 0.202 e. The van der Waals surface area contributed by atoms with E-state index in [9.17, 15) is 4.39 Å². The summed E-state index contributed by atoms with van der Waals surface area (Å²) in [5.41, 5.74) is 0.963. The molecule has 56 valence electrons. The molecule has 0 aliphatic rings. The van der Waals surface area contributed by atoms with Crippen LogP contribution in [-0.4, -0.2) is 5.16 Å². The zero-order valence-corrected chi connectivity index (χ0v) is 5.97. The van der Waals surface area contributed by atoms with Gasteiger partial charge >= 0.3 is 0 Å². The van der Waals surface area contributed by atoms with Crippen molar-refractivity contribution in [2.45, 2.75) is 6.92 Å². The Morgan fingerprint density at radius 2 is 2.27 bits per heavy atom. The highest BCUT2D eigenvalue weighted by molar-refractivity contribution is 5.79. The van der Waals surface area contributed by atoms with Crippen molar-refractivity contribution in [1.29, 1.82) is 0 Å². The van der Waals surface area contributed by atoms with E-state index in [1.54, 1.807) is 19.1 Å². The normalized spacial score (nSPS) is 10.7. The molecule has 0 amide bonds. The van der Waals surface area contributed by atoms with Gasteiger partial charge in [-0.25, -0.2) is 4.39 Å². The number of halogens is 1. The molecule has 11 heavy (non-hydrogen) atoms. The third-order valence-corrected chi connectivity index (χ3v) is 1.63. The minimum absolute atomic E-state index is 0.241. The van der Waals surface area contributed by atoms with Gasteiger partial charge in [-0.3, -0.25) is 0 Å². The van der Waals surface area contributed by atoms with Crippen LogP contribution in [0.4, 0.5) is 4.39 Å². The van der Waals surface area contributed by atoms with E-state index in [0.717, 1.165) is 11.1 Å². The number of para-hydroxylation sites is 1. The molecule has 2 aromatic rings. The number of aryl methyl sites for hydroxylation is 1. The van der Waals surface area contributed by atoms with Gasteiger partial charge in [0.25, 0.3) is 0 Å². The Kier molecular flexibility index (Phi) is 1.18. The van der Waals surface area contributed by atoms with Crippen LogP contribution in [-0.2, 0) is 0 Å². The van der Waals surface area contributed by atoms with Gasteiger partial charge in [-0.05, 0) is 19.1 Å². The Bertz CT molecular complexity index is 394. The summed E-state index contributed by atoms with van der Waals surface area (Å²) in [4.78, 5) is 0. The summed E-state index contributed by atoms with van der Waals surface area (Å²) in [6.45, 7) is 1.78. The lowest BCUT2D eigenvalue weighted by Gasteiger charge is -1.86. The van der Waals surface area contributed by atoms with E-state index in [1.807, 2.05) is 0 Å². The predicted octanol–water partition coefficient (Wildman–Crippen LogP) is 2.28. The number of benzene rings is 1. The topological polar surface area (TPSA) is 26.0 Å². The van der Waals surface area contributed by atoms with Gasteiger partial charge in [-0.1, -0.05) is 11.2 Å². The fourth-order valence-electron chi connectivity index (χ4n) is 1.05. The lowest BCUT2D eigenvalue weighted by atomic mass is 10.2. The van der Waals surface area contributed by atoms with Crippen LogP contribution < -0.4 is 0 Å². The van der Waals surface area contributed by atoms with Crippen LogP contribution in [0.15, 0.2) is 22.7 Å². The molecule has 0 saturated carbocycles. The van der Waals surface area contributed by atoms with Crippen molar-refractivity contribution in [2.75, 3.05) is 0 Å². The second kappa shape index (κ2) is 2.05. The molecule has 0 radical (unpaired) electrons. The average molecular weight is 151 g/mol. The number of fused-ring (bicyclic) bond motifs is 1. The summed E-state index contributed by atoms with van der Waals surface area (Å²) in [6.07, 6.45) is 0. The number of hydrogen-bond acceptors (Lipinski definition) is 2. The first-order valence-electron chi connectivity index (χ1n) is 3.29. The monoisotopic (exact) mass is 151 g/mol. The van der Waals surface area contributed by atoms with Gasteiger partial charge in [-0.15, -0.1) is 0 Å². The molecule has 0 aliphatic carbocycles. The molecule has 0 fully saturated rings. The van der Waals surface area contributed by atoms with E-state index in [4.69, 9.17) is 4.52 Å². The Balaban J connectivity index is 2.94. The minimum Gasteiger partial charge on any atom is -0.353 e. The molecule has 3 heteroatoms. The van der Waals surface area contributed by atoms with E-state index in [0.29, 0.717) is 0 Å². The summed E-state index contributed by atoms with van der Waals surface area (Å²) in [5.74, 6) is -0.358. The second-order valence-electron chi connectivity index (χ2n) is 2.38. The molecule has 0 atom stereocenters. The highest BCUT2D eigenvalue weighted by atomic mass is 19.1. The highest BCUT2D eigenvalue weighted by Gasteiger charge is 2.06. The lowest BCUT2D eigenvalue weighted by molar-refractivity contribution is 0.435. The Morgan fingerprint density at radius 3 is 3.00 bits per heavy atom.